The smallest absolute Gasteiger partial charge is 0.121 e. The number of benzene rings is 1. The average Bonchev–Trinajstić information content (AvgIpc) is 2.97. The Hall–Kier alpha value is -2.03. The van der Waals surface area contributed by atoms with Crippen LogP contribution in [-0.4, -0.2) is 24.7 Å². The van der Waals surface area contributed by atoms with Crippen LogP contribution in [0.5, 0.6) is 5.75 Å². The molecule has 3 nitrogen and oxygen atoms in total. The lowest BCUT2D eigenvalue weighted by atomic mass is 10.1. The number of pyridine rings is 1. The van der Waals surface area contributed by atoms with Crippen LogP contribution in [0.15, 0.2) is 36.9 Å². The summed E-state index contributed by atoms with van der Waals surface area (Å²) in [4.78, 5) is 7.10. The maximum atomic E-state index is 5.60. The number of fused-ring (bicyclic) bond motifs is 1. The van der Waals surface area contributed by atoms with Gasteiger partial charge in [0.1, 0.15) is 12.4 Å². The van der Waals surface area contributed by atoms with E-state index in [0.29, 0.717) is 6.61 Å². The second kappa shape index (κ2) is 5.53. The molecule has 1 saturated heterocycles. The zero-order valence-corrected chi connectivity index (χ0v) is 11.9. The number of aryl methyl sites for hydroxylation is 1. The summed E-state index contributed by atoms with van der Waals surface area (Å²) in [5, 5.41) is 1.21. The summed E-state index contributed by atoms with van der Waals surface area (Å²) in [5.74, 6) is 0.850. The Morgan fingerprint density at radius 1 is 1.30 bits per heavy atom. The highest BCUT2D eigenvalue weighted by Gasteiger charge is 2.16. The first kappa shape index (κ1) is 13.0. The van der Waals surface area contributed by atoms with Crippen LogP contribution >= 0.6 is 0 Å². The molecule has 1 aliphatic heterocycles. The Balaban J connectivity index is 2.04. The molecule has 0 radical (unpaired) electrons. The molecule has 0 amide bonds. The van der Waals surface area contributed by atoms with Gasteiger partial charge in [0.05, 0.1) is 5.52 Å². The van der Waals surface area contributed by atoms with Gasteiger partial charge in [0.25, 0.3) is 0 Å². The van der Waals surface area contributed by atoms with Crippen molar-refractivity contribution in [3.63, 3.8) is 0 Å². The third-order valence-electron chi connectivity index (χ3n) is 3.70. The van der Waals surface area contributed by atoms with E-state index < -0.39 is 0 Å². The van der Waals surface area contributed by atoms with Crippen molar-refractivity contribution in [1.29, 1.82) is 0 Å². The predicted octanol–water partition coefficient (Wildman–Crippen LogP) is 3.71. The summed E-state index contributed by atoms with van der Waals surface area (Å²) in [6, 6.07) is 8.35. The second-order valence-electron chi connectivity index (χ2n) is 5.26. The van der Waals surface area contributed by atoms with Gasteiger partial charge < -0.3 is 9.64 Å². The second-order valence-corrected chi connectivity index (χ2v) is 5.26. The normalized spacial score (nSPS) is 14.8. The molecule has 0 aliphatic carbocycles. The molecular weight excluding hydrogens is 248 g/mol. The monoisotopic (exact) mass is 268 g/mol. The minimum atomic E-state index is 0.524. The highest BCUT2D eigenvalue weighted by atomic mass is 16.5. The molecule has 0 unspecified atom stereocenters. The Labute approximate surface area is 119 Å². The zero-order valence-electron chi connectivity index (χ0n) is 11.9. The molecule has 0 saturated carbocycles. The van der Waals surface area contributed by atoms with E-state index >= 15 is 0 Å². The molecule has 2 heterocycles. The van der Waals surface area contributed by atoms with Gasteiger partial charge in [0, 0.05) is 35.9 Å². The molecule has 3 heteroatoms. The standard InChI is InChI=1S/C17H20N2O/c1-3-10-20-14-6-7-15-16(12-14)18-13(2)11-17(15)19-8-4-5-9-19/h3,6-7,11-12H,1,4-5,8-10H2,2H3. The minimum absolute atomic E-state index is 0.524. The number of hydrogen-bond acceptors (Lipinski definition) is 3. The summed E-state index contributed by atoms with van der Waals surface area (Å²) in [6.07, 6.45) is 4.32. The van der Waals surface area contributed by atoms with Crippen LogP contribution in [0, 0.1) is 6.92 Å². The number of nitrogens with zero attached hydrogens (tertiary/aromatic N) is 2. The van der Waals surface area contributed by atoms with E-state index in [1.807, 2.05) is 12.1 Å². The van der Waals surface area contributed by atoms with Crippen molar-refractivity contribution in [2.75, 3.05) is 24.6 Å². The molecule has 0 spiro atoms. The molecule has 1 aromatic carbocycles. The van der Waals surface area contributed by atoms with E-state index in [-0.39, 0.29) is 0 Å². The highest BCUT2D eigenvalue weighted by molar-refractivity contribution is 5.93. The van der Waals surface area contributed by atoms with Gasteiger partial charge in [-0.25, -0.2) is 0 Å². The van der Waals surface area contributed by atoms with Crippen molar-refractivity contribution in [3.8, 4) is 5.75 Å². The van der Waals surface area contributed by atoms with Crippen LogP contribution in [0.25, 0.3) is 10.9 Å². The van der Waals surface area contributed by atoms with Gasteiger partial charge in [-0.2, -0.15) is 0 Å². The molecule has 20 heavy (non-hydrogen) atoms. The summed E-state index contributed by atoms with van der Waals surface area (Å²) in [5.41, 5.74) is 3.37. The average molecular weight is 268 g/mol. The van der Waals surface area contributed by atoms with Gasteiger partial charge in [0.15, 0.2) is 0 Å². The van der Waals surface area contributed by atoms with Crippen molar-refractivity contribution >= 4 is 16.6 Å². The van der Waals surface area contributed by atoms with E-state index in [4.69, 9.17) is 4.74 Å². The summed E-state index contributed by atoms with van der Waals surface area (Å²) < 4.78 is 5.60. The molecule has 3 rings (SSSR count). The van der Waals surface area contributed by atoms with Crippen LogP contribution < -0.4 is 9.64 Å². The summed E-state index contributed by atoms with van der Waals surface area (Å²) >= 11 is 0. The number of hydrogen-bond donors (Lipinski definition) is 0. The maximum absolute atomic E-state index is 5.60. The molecule has 1 fully saturated rings. The first-order valence-corrected chi connectivity index (χ1v) is 7.18. The van der Waals surface area contributed by atoms with Crippen LogP contribution in [0.1, 0.15) is 18.5 Å². The number of ether oxygens (including phenoxy) is 1. The SMILES string of the molecule is C=CCOc1ccc2c(N3CCCC3)cc(C)nc2c1. The third kappa shape index (κ3) is 2.48. The van der Waals surface area contributed by atoms with Crippen molar-refractivity contribution < 1.29 is 4.74 Å². The lowest BCUT2D eigenvalue weighted by molar-refractivity contribution is 0.363. The molecule has 104 valence electrons. The minimum Gasteiger partial charge on any atom is -0.489 e. The Bertz CT molecular complexity index is 630. The van der Waals surface area contributed by atoms with E-state index in [1.165, 1.54) is 23.9 Å². The van der Waals surface area contributed by atoms with Gasteiger partial charge >= 0.3 is 0 Å². The fourth-order valence-electron chi connectivity index (χ4n) is 2.78. The van der Waals surface area contributed by atoms with Crippen LogP contribution in [0.3, 0.4) is 0 Å². The Morgan fingerprint density at radius 3 is 2.85 bits per heavy atom. The van der Waals surface area contributed by atoms with E-state index in [1.54, 1.807) is 6.08 Å². The van der Waals surface area contributed by atoms with Gasteiger partial charge in [-0.3, -0.25) is 4.98 Å². The predicted molar refractivity (Wildman–Crippen MR) is 83.6 cm³/mol. The van der Waals surface area contributed by atoms with Gasteiger partial charge in [0.2, 0.25) is 0 Å². The van der Waals surface area contributed by atoms with Crippen LogP contribution in [0.4, 0.5) is 5.69 Å². The van der Waals surface area contributed by atoms with Gasteiger partial charge in [-0.1, -0.05) is 12.7 Å². The fourth-order valence-corrected chi connectivity index (χ4v) is 2.78. The van der Waals surface area contributed by atoms with Gasteiger partial charge in [-0.05, 0) is 38.0 Å². The largest absolute Gasteiger partial charge is 0.489 e. The van der Waals surface area contributed by atoms with Gasteiger partial charge in [-0.15, -0.1) is 0 Å². The molecule has 1 aliphatic rings. The molecule has 1 aromatic heterocycles. The van der Waals surface area contributed by atoms with Crippen molar-refractivity contribution in [2.45, 2.75) is 19.8 Å². The first-order chi connectivity index (χ1) is 9.78. The summed E-state index contributed by atoms with van der Waals surface area (Å²) in [7, 11) is 0. The molecule has 0 N–H and O–H groups in total. The third-order valence-corrected chi connectivity index (χ3v) is 3.70. The molecular formula is C17H20N2O. The topological polar surface area (TPSA) is 25.4 Å². The van der Waals surface area contributed by atoms with E-state index in [2.05, 4.69) is 35.5 Å². The van der Waals surface area contributed by atoms with Crippen molar-refractivity contribution in [2.24, 2.45) is 0 Å². The molecule has 0 bridgehead atoms. The lowest BCUT2D eigenvalue weighted by Crippen LogP contribution is -2.18. The van der Waals surface area contributed by atoms with E-state index in [0.717, 1.165) is 30.0 Å². The number of rotatable bonds is 4. The van der Waals surface area contributed by atoms with Crippen molar-refractivity contribution in [3.05, 3.63) is 42.6 Å². The molecule has 0 atom stereocenters. The lowest BCUT2D eigenvalue weighted by Gasteiger charge is -2.20. The van der Waals surface area contributed by atoms with E-state index in [9.17, 15) is 0 Å². The molecule has 2 aromatic rings. The Kier molecular flexibility index (Phi) is 3.59. The number of aromatic nitrogens is 1. The number of anilines is 1. The first-order valence-electron chi connectivity index (χ1n) is 7.18. The summed E-state index contributed by atoms with van der Waals surface area (Å²) in [6.45, 7) is 8.54. The van der Waals surface area contributed by atoms with Crippen LogP contribution in [0.2, 0.25) is 0 Å². The maximum Gasteiger partial charge on any atom is 0.121 e. The highest BCUT2D eigenvalue weighted by Crippen LogP contribution is 2.31. The van der Waals surface area contributed by atoms with Crippen LogP contribution in [-0.2, 0) is 0 Å². The quantitative estimate of drug-likeness (QED) is 0.790. The zero-order chi connectivity index (χ0) is 13.9. The van der Waals surface area contributed by atoms with Crippen molar-refractivity contribution in [1.82, 2.24) is 4.98 Å². The Morgan fingerprint density at radius 2 is 2.10 bits per heavy atom. The fraction of sp³-hybridized carbons (Fsp3) is 0.353.